The molecule has 1 aromatic heterocycles. The molecule has 0 radical (unpaired) electrons. The number of amides is 2. The van der Waals surface area contributed by atoms with Crippen molar-refractivity contribution >= 4 is 34.9 Å². The molecule has 0 saturated heterocycles. The summed E-state index contributed by atoms with van der Waals surface area (Å²) in [7, 11) is 0. The summed E-state index contributed by atoms with van der Waals surface area (Å²) in [5, 5.41) is 0. The predicted molar refractivity (Wildman–Crippen MR) is 98.4 cm³/mol. The first kappa shape index (κ1) is 17.0. The highest BCUT2D eigenvalue weighted by Crippen LogP contribution is 2.28. The second-order valence-corrected chi connectivity index (χ2v) is 7.91. The van der Waals surface area contributed by atoms with Crippen molar-refractivity contribution in [3.63, 3.8) is 0 Å². The molecule has 0 spiro atoms. The molecule has 2 aromatic rings. The van der Waals surface area contributed by atoms with Gasteiger partial charge >= 0.3 is 0 Å². The largest absolute Gasteiger partial charge is 0.279 e. The van der Waals surface area contributed by atoms with E-state index in [0.29, 0.717) is 4.88 Å². The second-order valence-electron chi connectivity index (χ2n) is 5.72. The van der Waals surface area contributed by atoms with Gasteiger partial charge in [0.2, 0.25) is 5.91 Å². The average molecular weight is 361 g/mol. The normalized spacial score (nSPS) is 13.7. The fourth-order valence-corrected chi connectivity index (χ4v) is 4.54. The summed E-state index contributed by atoms with van der Waals surface area (Å²) >= 11 is 2.99. The Bertz CT molecular complexity index is 690. The van der Waals surface area contributed by atoms with Crippen molar-refractivity contribution in [2.75, 3.05) is 5.75 Å². The van der Waals surface area contributed by atoms with Crippen LogP contribution >= 0.6 is 23.1 Å². The molecule has 126 valence electrons. The molecule has 0 fully saturated rings. The number of rotatable bonds is 4. The van der Waals surface area contributed by atoms with E-state index in [1.54, 1.807) is 11.3 Å². The molecule has 1 heterocycles. The van der Waals surface area contributed by atoms with Crippen molar-refractivity contribution in [3.05, 3.63) is 51.7 Å². The number of thiophene rings is 1. The smallest absolute Gasteiger partial charge is 0.272 e. The highest BCUT2D eigenvalue weighted by molar-refractivity contribution is 8.00. The summed E-state index contributed by atoms with van der Waals surface area (Å²) in [4.78, 5) is 27.1. The number of thioether (sulfide) groups is 1. The summed E-state index contributed by atoms with van der Waals surface area (Å²) < 4.78 is 0. The highest BCUT2D eigenvalue weighted by atomic mass is 32.2. The zero-order valence-electron chi connectivity index (χ0n) is 13.3. The molecule has 6 heteroatoms. The van der Waals surface area contributed by atoms with Gasteiger partial charge in [-0.1, -0.05) is 24.6 Å². The fraction of sp³-hybridized carbons (Fsp3) is 0.333. The minimum atomic E-state index is -0.230. The van der Waals surface area contributed by atoms with Gasteiger partial charge in [0.1, 0.15) is 0 Å². The molecule has 2 amide bonds. The number of hydrazine groups is 1. The Labute approximate surface area is 150 Å². The molecule has 0 saturated carbocycles. The van der Waals surface area contributed by atoms with Gasteiger partial charge in [0.05, 0.1) is 10.6 Å². The number of hydrogen-bond acceptors (Lipinski definition) is 4. The molecule has 24 heavy (non-hydrogen) atoms. The van der Waals surface area contributed by atoms with E-state index in [0.717, 1.165) is 17.7 Å². The van der Waals surface area contributed by atoms with Crippen molar-refractivity contribution in [1.29, 1.82) is 0 Å². The summed E-state index contributed by atoms with van der Waals surface area (Å²) in [6.07, 6.45) is 5.77. The molecular weight excluding hydrogens is 340 g/mol. The van der Waals surface area contributed by atoms with Gasteiger partial charge in [-0.25, -0.2) is 0 Å². The van der Waals surface area contributed by atoms with Crippen molar-refractivity contribution in [2.45, 2.75) is 37.0 Å². The average Bonchev–Trinajstić information content (AvgIpc) is 2.89. The van der Waals surface area contributed by atoms with E-state index in [9.17, 15) is 9.59 Å². The van der Waals surface area contributed by atoms with Crippen LogP contribution in [0.4, 0.5) is 0 Å². The lowest BCUT2D eigenvalue weighted by atomic mass is 10.1. The van der Waals surface area contributed by atoms with Gasteiger partial charge in [0.15, 0.2) is 0 Å². The zero-order chi connectivity index (χ0) is 16.8. The maximum atomic E-state index is 12.2. The monoisotopic (exact) mass is 360 g/mol. The van der Waals surface area contributed by atoms with E-state index in [1.807, 2.05) is 36.4 Å². The van der Waals surface area contributed by atoms with Gasteiger partial charge in [-0.3, -0.25) is 20.4 Å². The van der Waals surface area contributed by atoms with Gasteiger partial charge in [-0.15, -0.1) is 23.1 Å². The van der Waals surface area contributed by atoms with E-state index in [2.05, 4.69) is 10.9 Å². The minimum absolute atomic E-state index is 0.213. The lowest BCUT2D eigenvalue weighted by Crippen LogP contribution is -2.42. The molecule has 1 aliphatic carbocycles. The number of carbonyl (C=O) groups is 2. The van der Waals surface area contributed by atoms with Crippen LogP contribution in [0.1, 0.15) is 39.4 Å². The predicted octanol–water partition coefficient (Wildman–Crippen LogP) is 3.57. The van der Waals surface area contributed by atoms with E-state index < -0.39 is 0 Å². The Hall–Kier alpha value is -1.79. The molecule has 4 nitrogen and oxygen atoms in total. The number of nitrogens with one attached hydrogen (secondary N) is 2. The molecule has 0 atom stereocenters. The van der Waals surface area contributed by atoms with Gasteiger partial charge in [-0.2, -0.15) is 0 Å². The zero-order valence-corrected chi connectivity index (χ0v) is 15.0. The number of fused-ring (bicyclic) bond motifs is 1. The standard InChI is InChI=1S/C18H20N2O2S2/c21-17(12-23-14-8-4-2-5-9-14)19-20-18(22)16-11-13-7-3-1-6-10-15(13)24-16/h2,4-5,8-9,11H,1,3,6-7,10,12H2,(H,19,21)(H,20,22). The second kappa shape index (κ2) is 8.35. The summed E-state index contributed by atoms with van der Waals surface area (Å²) in [5.74, 6) is -0.174. The van der Waals surface area contributed by atoms with Crippen LogP contribution in [0.2, 0.25) is 0 Å². The number of benzene rings is 1. The van der Waals surface area contributed by atoms with Gasteiger partial charge in [-0.05, 0) is 49.4 Å². The molecule has 0 aliphatic heterocycles. The van der Waals surface area contributed by atoms with Crippen molar-refractivity contribution in [2.24, 2.45) is 0 Å². The van der Waals surface area contributed by atoms with Crippen LogP contribution in [0.5, 0.6) is 0 Å². The van der Waals surface area contributed by atoms with E-state index in [-0.39, 0.29) is 17.6 Å². The topological polar surface area (TPSA) is 58.2 Å². The number of carbonyl (C=O) groups excluding carboxylic acids is 2. The first-order valence-electron chi connectivity index (χ1n) is 8.11. The van der Waals surface area contributed by atoms with Crippen LogP contribution in [-0.2, 0) is 17.6 Å². The summed E-state index contributed by atoms with van der Waals surface area (Å²) in [6.45, 7) is 0. The van der Waals surface area contributed by atoms with Gasteiger partial charge < -0.3 is 0 Å². The van der Waals surface area contributed by atoms with Crippen LogP contribution < -0.4 is 10.9 Å². The Balaban J connectivity index is 1.47. The highest BCUT2D eigenvalue weighted by Gasteiger charge is 2.16. The molecular formula is C18H20N2O2S2. The Morgan fingerprint density at radius 3 is 2.67 bits per heavy atom. The maximum absolute atomic E-state index is 12.2. The van der Waals surface area contributed by atoms with Crippen molar-refractivity contribution in [1.82, 2.24) is 10.9 Å². The van der Waals surface area contributed by atoms with Gasteiger partial charge in [0, 0.05) is 9.77 Å². The van der Waals surface area contributed by atoms with Gasteiger partial charge in [0.25, 0.3) is 5.91 Å². The number of hydrogen-bond donors (Lipinski definition) is 2. The SMILES string of the molecule is O=C(CSc1ccccc1)NNC(=O)c1cc2c(s1)CCCCC2. The molecule has 0 bridgehead atoms. The lowest BCUT2D eigenvalue weighted by Gasteiger charge is -2.06. The van der Waals surface area contributed by atoms with Crippen molar-refractivity contribution < 1.29 is 9.59 Å². The lowest BCUT2D eigenvalue weighted by molar-refractivity contribution is -0.119. The van der Waals surface area contributed by atoms with Crippen LogP contribution in [0.3, 0.4) is 0 Å². The third kappa shape index (κ3) is 4.61. The summed E-state index contributed by atoms with van der Waals surface area (Å²) in [6, 6.07) is 11.7. The molecule has 1 aromatic carbocycles. The van der Waals surface area contributed by atoms with E-state index in [1.165, 1.54) is 41.5 Å². The molecule has 3 rings (SSSR count). The quantitative estimate of drug-likeness (QED) is 0.498. The van der Waals surface area contributed by atoms with Crippen LogP contribution in [0.15, 0.2) is 41.3 Å². The Kier molecular flexibility index (Phi) is 5.93. The van der Waals surface area contributed by atoms with E-state index >= 15 is 0 Å². The van der Waals surface area contributed by atoms with Crippen molar-refractivity contribution in [3.8, 4) is 0 Å². The molecule has 2 N–H and O–H groups in total. The Morgan fingerprint density at radius 2 is 1.83 bits per heavy atom. The first-order valence-corrected chi connectivity index (χ1v) is 9.91. The molecule has 0 unspecified atom stereocenters. The third-order valence-corrected chi connectivity index (χ3v) is 6.15. The maximum Gasteiger partial charge on any atom is 0.279 e. The van der Waals surface area contributed by atoms with Crippen LogP contribution in [0, 0.1) is 0 Å². The number of aryl methyl sites for hydroxylation is 2. The van der Waals surface area contributed by atoms with Crippen LogP contribution in [-0.4, -0.2) is 17.6 Å². The van der Waals surface area contributed by atoms with E-state index in [4.69, 9.17) is 0 Å². The molecule has 1 aliphatic rings. The fourth-order valence-electron chi connectivity index (χ4n) is 2.67. The van der Waals surface area contributed by atoms with Crippen LogP contribution in [0.25, 0.3) is 0 Å². The Morgan fingerprint density at radius 1 is 1.04 bits per heavy atom. The summed E-state index contributed by atoms with van der Waals surface area (Å²) in [5.41, 5.74) is 6.31. The minimum Gasteiger partial charge on any atom is -0.272 e. The third-order valence-electron chi connectivity index (χ3n) is 3.90. The first-order chi connectivity index (χ1) is 11.7.